The minimum Gasteiger partial charge on any atom is -0.462 e. The number of hydrogen-bond donors (Lipinski definition) is 0. The number of Topliss-reactive ketones (excluding diaryl/α,β-unsaturated/α-hetero) is 1. The van der Waals surface area contributed by atoms with Crippen LogP contribution in [0.3, 0.4) is 0 Å². The Balaban J connectivity index is 1.47. The number of nitrogens with zero attached hydrogens (tertiary/aromatic N) is 1. The monoisotopic (exact) mass is 513 g/mol. The molecule has 3 aromatic rings. The van der Waals surface area contributed by atoms with Crippen LogP contribution in [-0.4, -0.2) is 42.2 Å². The van der Waals surface area contributed by atoms with Gasteiger partial charge in [0.05, 0.1) is 34.5 Å². The third kappa shape index (κ3) is 5.39. The van der Waals surface area contributed by atoms with Gasteiger partial charge in [0.25, 0.3) is 11.8 Å². The Morgan fingerprint density at radius 1 is 0.789 bits per heavy atom. The number of carbonyl (C=O) groups is 5. The van der Waals surface area contributed by atoms with Gasteiger partial charge in [-0.15, -0.1) is 0 Å². The maximum Gasteiger partial charge on any atom is 0.338 e. The molecule has 0 radical (unpaired) electrons. The summed E-state index contributed by atoms with van der Waals surface area (Å²) in [5.74, 6) is -2.78. The molecule has 1 atom stereocenters. The zero-order valence-corrected chi connectivity index (χ0v) is 21.4. The molecule has 1 aliphatic rings. The van der Waals surface area contributed by atoms with E-state index in [-0.39, 0.29) is 28.2 Å². The number of carbonyl (C=O) groups excluding carboxylic acids is 5. The quantitative estimate of drug-likeness (QED) is 0.168. The van der Waals surface area contributed by atoms with Crippen molar-refractivity contribution >= 4 is 35.2 Å². The van der Waals surface area contributed by atoms with Gasteiger partial charge in [-0.05, 0) is 62.7 Å². The zero-order chi connectivity index (χ0) is 27.4. The lowest BCUT2D eigenvalue weighted by Crippen LogP contribution is -2.29. The molecule has 1 aliphatic heterocycles. The summed E-state index contributed by atoms with van der Waals surface area (Å²) in [5.41, 5.74) is 2.23. The molecule has 194 valence electrons. The summed E-state index contributed by atoms with van der Waals surface area (Å²) in [6, 6.07) is 16.9. The predicted octanol–water partition coefficient (Wildman–Crippen LogP) is 5.18. The maximum atomic E-state index is 13.1. The van der Waals surface area contributed by atoms with Crippen LogP contribution in [0.15, 0.2) is 66.7 Å². The number of unbranched alkanes of at least 4 members (excludes halogenated alkanes) is 1. The van der Waals surface area contributed by atoms with Gasteiger partial charge < -0.3 is 9.47 Å². The third-order valence-corrected chi connectivity index (χ3v) is 6.20. The number of esters is 2. The number of ether oxygens (including phenoxy) is 2. The number of rotatable bonds is 9. The molecular weight excluding hydrogens is 486 g/mol. The van der Waals surface area contributed by atoms with Gasteiger partial charge in [0.1, 0.15) is 0 Å². The molecular formula is C30H27NO7. The number of imide groups is 1. The van der Waals surface area contributed by atoms with Gasteiger partial charge in [0.2, 0.25) is 5.78 Å². The number of hydrogen-bond acceptors (Lipinski definition) is 7. The van der Waals surface area contributed by atoms with Crippen molar-refractivity contribution in [1.29, 1.82) is 0 Å². The topological polar surface area (TPSA) is 107 Å². The van der Waals surface area contributed by atoms with E-state index >= 15 is 0 Å². The van der Waals surface area contributed by atoms with Crippen molar-refractivity contribution in [3.8, 4) is 0 Å². The highest BCUT2D eigenvalue weighted by atomic mass is 16.5. The first kappa shape index (κ1) is 26.5. The van der Waals surface area contributed by atoms with Crippen LogP contribution in [0.5, 0.6) is 0 Å². The molecule has 1 heterocycles. The molecule has 2 amide bonds. The second-order valence-electron chi connectivity index (χ2n) is 9.02. The van der Waals surface area contributed by atoms with E-state index < -0.39 is 29.9 Å². The molecule has 0 saturated heterocycles. The molecule has 0 saturated carbocycles. The van der Waals surface area contributed by atoms with Crippen molar-refractivity contribution in [3.63, 3.8) is 0 Å². The van der Waals surface area contributed by atoms with Crippen molar-refractivity contribution in [2.24, 2.45) is 0 Å². The summed E-state index contributed by atoms with van der Waals surface area (Å²) in [6.07, 6.45) is 0.617. The third-order valence-electron chi connectivity index (χ3n) is 6.20. The first-order valence-electron chi connectivity index (χ1n) is 12.3. The lowest BCUT2D eigenvalue weighted by atomic mass is 10.0. The van der Waals surface area contributed by atoms with Crippen LogP contribution in [-0.2, 0) is 9.47 Å². The fraction of sp³-hybridized carbons (Fsp3) is 0.233. The molecule has 0 spiro atoms. The van der Waals surface area contributed by atoms with Gasteiger partial charge in [0.15, 0.2) is 6.10 Å². The molecule has 0 fully saturated rings. The highest BCUT2D eigenvalue weighted by molar-refractivity contribution is 6.34. The normalized spacial score (nSPS) is 13.2. The Morgan fingerprint density at radius 3 is 2.05 bits per heavy atom. The van der Waals surface area contributed by atoms with E-state index in [1.54, 1.807) is 24.3 Å². The summed E-state index contributed by atoms with van der Waals surface area (Å²) in [7, 11) is 0. The van der Waals surface area contributed by atoms with Crippen molar-refractivity contribution in [2.75, 3.05) is 11.5 Å². The van der Waals surface area contributed by atoms with E-state index in [0.29, 0.717) is 17.7 Å². The van der Waals surface area contributed by atoms with E-state index in [0.717, 1.165) is 23.3 Å². The zero-order valence-electron chi connectivity index (χ0n) is 21.4. The fourth-order valence-electron chi connectivity index (χ4n) is 3.98. The predicted molar refractivity (Wildman–Crippen MR) is 140 cm³/mol. The van der Waals surface area contributed by atoms with Crippen molar-refractivity contribution in [2.45, 2.75) is 39.7 Å². The van der Waals surface area contributed by atoms with E-state index in [2.05, 4.69) is 0 Å². The highest BCUT2D eigenvalue weighted by Crippen LogP contribution is 2.30. The smallest absolute Gasteiger partial charge is 0.338 e. The van der Waals surface area contributed by atoms with Crippen LogP contribution in [0.4, 0.5) is 5.69 Å². The Kier molecular flexibility index (Phi) is 7.81. The van der Waals surface area contributed by atoms with E-state index in [1.165, 1.54) is 49.4 Å². The van der Waals surface area contributed by atoms with Gasteiger partial charge in [-0.1, -0.05) is 43.2 Å². The van der Waals surface area contributed by atoms with Crippen LogP contribution < -0.4 is 4.90 Å². The first-order chi connectivity index (χ1) is 18.2. The first-order valence-corrected chi connectivity index (χ1v) is 12.3. The number of anilines is 1. The number of amides is 2. The lowest BCUT2D eigenvalue weighted by molar-refractivity contribution is 0.0318. The second-order valence-corrected chi connectivity index (χ2v) is 9.02. The second kappa shape index (κ2) is 11.2. The highest BCUT2D eigenvalue weighted by Gasteiger charge is 2.37. The van der Waals surface area contributed by atoms with Gasteiger partial charge in [0, 0.05) is 5.56 Å². The van der Waals surface area contributed by atoms with E-state index in [4.69, 9.17) is 9.47 Å². The summed E-state index contributed by atoms with van der Waals surface area (Å²) in [5, 5.41) is 0. The van der Waals surface area contributed by atoms with Crippen molar-refractivity contribution < 1.29 is 33.4 Å². The van der Waals surface area contributed by atoms with Crippen LogP contribution in [0, 0.1) is 6.92 Å². The van der Waals surface area contributed by atoms with Gasteiger partial charge in [-0.2, -0.15) is 0 Å². The molecule has 8 heteroatoms. The lowest BCUT2D eigenvalue weighted by Gasteiger charge is -2.14. The number of ketones is 1. The molecule has 0 aliphatic carbocycles. The van der Waals surface area contributed by atoms with Gasteiger partial charge >= 0.3 is 11.9 Å². The summed E-state index contributed by atoms with van der Waals surface area (Å²) >= 11 is 0. The molecule has 8 nitrogen and oxygen atoms in total. The number of benzene rings is 3. The minimum atomic E-state index is -1.04. The van der Waals surface area contributed by atoms with Crippen LogP contribution in [0.1, 0.15) is 84.0 Å². The average Bonchev–Trinajstić information content (AvgIpc) is 3.17. The van der Waals surface area contributed by atoms with E-state index in [1.807, 2.05) is 13.8 Å². The summed E-state index contributed by atoms with van der Waals surface area (Å²) in [6.45, 7) is 5.69. The molecule has 3 aromatic carbocycles. The Bertz CT molecular complexity index is 1410. The molecule has 0 N–H and O–H groups in total. The largest absolute Gasteiger partial charge is 0.462 e. The number of fused-ring (bicyclic) bond motifs is 1. The molecule has 38 heavy (non-hydrogen) atoms. The SMILES string of the molecule is CCCCOC(=O)c1ccc(N2C(=O)c3ccc(C(=O)OC(C)C(=O)c4ccc(C)cc4)cc3C2=O)cc1. The van der Waals surface area contributed by atoms with Crippen molar-refractivity contribution in [1.82, 2.24) is 0 Å². The van der Waals surface area contributed by atoms with Crippen LogP contribution in [0.25, 0.3) is 0 Å². The van der Waals surface area contributed by atoms with Crippen molar-refractivity contribution in [3.05, 3.63) is 100 Å². The molecule has 0 bridgehead atoms. The van der Waals surface area contributed by atoms with Crippen LogP contribution in [0.2, 0.25) is 0 Å². The molecule has 1 unspecified atom stereocenters. The molecule has 4 rings (SSSR count). The summed E-state index contributed by atoms with van der Waals surface area (Å²) < 4.78 is 10.5. The summed E-state index contributed by atoms with van der Waals surface area (Å²) in [4.78, 5) is 64.6. The Morgan fingerprint density at radius 2 is 1.39 bits per heavy atom. The number of aryl methyl sites for hydroxylation is 1. The minimum absolute atomic E-state index is 0.0421. The Hall–Kier alpha value is -4.59. The molecule has 0 aromatic heterocycles. The fourth-order valence-corrected chi connectivity index (χ4v) is 3.98. The standard InChI is InChI=1S/C30H27NO7/c1-4-5-16-37-29(35)21-10-13-23(14-11-21)31-27(33)24-15-12-22(17-25(24)28(31)34)30(36)38-19(3)26(32)20-8-6-18(2)7-9-20/h6-15,17,19H,4-5,16H2,1-3H3. The van der Waals surface area contributed by atoms with Gasteiger partial charge in [-0.3, -0.25) is 14.4 Å². The van der Waals surface area contributed by atoms with E-state index in [9.17, 15) is 24.0 Å². The van der Waals surface area contributed by atoms with Crippen LogP contribution >= 0.6 is 0 Å². The van der Waals surface area contributed by atoms with Gasteiger partial charge in [-0.25, -0.2) is 14.5 Å². The average molecular weight is 514 g/mol. The maximum absolute atomic E-state index is 13.1. The Labute approximate surface area is 220 Å².